The average Bonchev–Trinajstić information content (AvgIpc) is 3.18. The molecule has 1 heterocycles. The summed E-state index contributed by atoms with van der Waals surface area (Å²) in [6.45, 7) is 7.72. The van der Waals surface area contributed by atoms with Gasteiger partial charge in [-0.15, -0.1) is 0 Å². The van der Waals surface area contributed by atoms with Crippen LogP contribution in [0.5, 0.6) is 0 Å². The van der Waals surface area contributed by atoms with Crippen molar-refractivity contribution in [3.8, 4) is 0 Å². The Bertz CT molecular complexity index is 377. The van der Waals surface area contributed by atoms with Gasteiger partial charge in [0.1, 0.15) is 5.82 Å². The maximum Gasteiger partial charge on any atom is 0.129 e. The standard InChI is InChI=1S/C15H24N2O/c1-4-14-7-13(10-18)8-15(16-14)17(11(2)3)9-12-5-6-12/h7-8,11-12,18H,4-6,9-10H2,1-3H3. The van der Waals surface area contributed by atoms with Gasteiger partial charge >= 0.3 is 0 Å². The van der Waals surface area contributed by atoms with E-state index in [2.05, 4.69) is 25.7 Å². The first-order valence-electron chi connectivity index (χ1n) is 7.01. The monoisotopic (exact) mass is 248 g/mol. The summed E-state index contributed by atoms with van der Waals surface area (Å²) < 4.78 is 0. The van der Waals surface area contributed by atoms with Crippen molar-refractivity contribution in [1.29, 1.82) is 0 Å². The first kappa shape index (κ1) is 13.3. The zero-order chi connectivity index (χ0) is 13.1. The maximum atomic E-state index is 9.35. The molecule has 2 rings (SSSR count). The van der Waals surface area contributed by atoms with Crippen molar-refractivity contribution < 1.29 is 5.11 Å². The number of aliphatic hydroxyl groups is 1. The normalized spacial score (nSPS) is 15.2. The number of hydrogen-bond donors (Lipinski definition) is 1. The first-order chi connectivity index (χ1) is 8.63. The highest BCUT2D eigenvalue weighted by Crippen LogP contribution is 2.32. The fourth-order valence-corrected chi connectivity index (χ4v) is 2.20. The Hall–Kier alpha value is -1.09. The molecule has 0 saturated heterocycles. The summed E-state index contributed by atoms with van der Waals surface area (Å²) in [5.41, 5.74) is 2.04. The topological polar surface area (TPSA) is 36.4 Å². The van der Waals surface area contributed by atoms with E-state index in [1.54, 1.807) is 0 Å². The molecule has 1 saturated carbocycles. The van der Waals surface area contributed by atoms with Crippen LogP contribution < -0.4 is 4.90 Å². The molecule has 1 fully saturated rings. The SMILES string of the molecule is CCc1cc(CO)cc(N(CC2CC2)C(C)C)n1. The van der Waals surface area contributed by atoms with Gasteiger partial charge < -0.3 is 10.0 Å². The van der Waals surface area contributed by atoms with Crippen molar-refractivity contribution in [3.05, 3.63) is 23.4 Å². The average molecular weight is 248 g/mol. The van der Waals surface area contributed by atoms with Gasteiger partial charge in [0.15, 0.2) is 0 Å². The number of aryl methyl sites for hydroxylation is 1. The molecular weight excluding hydrogens is 224 g/mol. The van der Waals surface area contributed by atoms with Gasteiger partial charge in [-0.2, -0.15) is 0 Å². The number of aromatic nitrogens is 1. The molecule has 0 bridgehead atoms. The summed E-state index contributed by atoms with van der Waals surface area (Å²) in [7, 11) is 0. The molecular formula is C15H24N2O. The maximum absolute atomic E-state index is 9.35. The molecule has 1 N–H and O–H groups in total. The Balaban J connectivity index is 2.26. The molecule has 0 unspecified atom stereocenters. The van der Waals surface area contributed by atoms with Crippen LogP contribution in [0.4, 0.5) is 5.82 Å². The van der Waals surface area contributed by atoms with Crippen molar-refractivity contribution in [1.82, 2.24) is 4.98 Å². The minimum atomic E-state index is 0.0951. The lowest BCUT2D eigenvalue weighted by Gasteiger charge is -2.28. The Morgan fingerprint density at radius 3 is 2.61 bits per heavy atom. The molecule has 0 spiro atoms. The van der Waals surface area contributed by atoms with Gasteiger partial charge in [0.05, 0.1) is 6.61 Å². The van der Waals surface area contributed by atoms with Gasteiger partial charge in [0, 0.05) is 18.3 Å². The lowest BCUT2D eigenvalue weighted by molar-refractivity contribution is 0.281. The highest BCUT2D eigenvalue weighted by atomic mass is 16.3. The number of pyridine rings is 1. The summed E-state index contributed by atoms with van der Waals surface area (Å²) in [6, 6.07) is 4.48. The van der Waals surface area contributed by atoms with Gasteiger partial charge in [0.25, 0.3) is 0 Å². The van der Waals surface area contributed by atoms with Crippen molar-refractivity contribution in [2.75, 3.05) is 11.4 Å². The lowest BCUT2D eigenvalue weighted by atomic mass is 10.2. The van der Waals surface area contributed by atoms with E-state index < -0.39 is 0 Å². The van der Waals surface area contributed by atoms with Crippen LogP contribution in [0, 0.1) is 5.92 Å². The highest BCUT2D eigenvalue weighted by Gasteiger charge is 2.26. The molecule has 1 aliphatic rings. The summed E-state index contributed by atoms with van der Waals surface area (Å²) in [5.74, 6) is 1.87. The second-order valence-electron chi connectivity index (χ2n) is 5.53. The first-order valence-corrected chi connectivity index (χ1v) is 7.01. The second-order valence-corrected chi connectivity index (χ2v) is 5.53. The van der Waals surface area contributed by atoms with Crippen LogP contribution in [-0.4, -0.2) is 22.7 Å². The Kier molecular flexibility index (Phi) is 4.23. The van der Waals surface area contributed by atoms with Crippen LogP contribution in [0.25, 0.3) is 0 Å². The number of nitrogens with zero attached hydrogens (tertiary/aromatic N) is 2. The van der Waals surface area contributed by atoms with Crippen molar-refractivity contribution >= 4 is 5.82 Å². The molecule has 3 nitrogen and oxygen atoms in total. The van der Waals surface area contributed by atoms with Gasteiger partial charge in [-0.3, -0.25) is 0 Å². The molecule has 100 valence electrons. The molecule has 0 aromatic carbocycles. The van der Waals surface area contributed by atoms with E-state index in [1.165, 1.54) is 12.8 Å². The van der Waals surface area contributed by atoms with Crippen LogP contribution in [0.3, 0.4) is 0 Å². The molecule has 0 radical (unpaired) electrons. The van der Waals surface area contributed by atoms with Gasteiger partial charge in [-0.1, -0.05) is 6.92 Å². The van der Waals surface area contributed by atoms with E-state index in [-0.39, 0.29) is 6.61 Å². The van der Waals surface area contributed by atoms with E-state index >= 15 is 0 Å². The summed E-state index contributed by atoms with van der Waals surface area (Å²) in [4.78, 5) is 7.09. The smallest absolute Gasteiger partial charge is 0.129 e. The molecule has 0 atom stereocenters. The molecule has 18 heavy (non-hydrogen) atoms. The van der Waals surface area contributed by atoms with Crippen LogP contribution in [0.2, 0.25) is 0 Å². The summed E-state index contributed by atoms with van der Waals surface area (Å²) >= 11 is 0. The summed E-state index contributed by atoms with van der Waals surface area (Å²) in [5, 5.41) is 9.35. The molecule has 1 aromatic rings. The molecule has 3 heteroatoms. The van der Waals surface area contributed by atoms with Gasteiger partial charge in [-0.25, -0.2) is 4.98 Å². The minimum Gasteiger partial charge on any atom is -0.392 e. The molecule has 1 aliphatic carbocycles. The zero-order valence-corrected chi connectivity index (χ0v) is 11.7. The predicted molar refractivity (Wildman–Crippen MR) is 74.7 cm³/mol. The third kappa shape index (κ3) is 3.22. The molecule has 0 aliphatic heterocycles. The number of hydrogen-bond acceptors (Lipinski definition) is 3. The third-order valence-electron chi connectivity index (χ3n) is 3.54. The van der Waals surface area contributed by atoms with Crippen LogP contribution in [0.15, 0.2) is 12.1 Å². The zero-order valence-electron chi connectivity index (χ0n) is 11.7. The van der Waals surface area contributed by atoms with Crippen LogP contribution in [-0.2, 0) is 13.0 Å². The minimum absolute atomic E-state index is 0.0951. The number of rotatable bonds is 6. The van der Waals surface area contributed by atoms with Gasteiger partial charge in [0.2, 0.25) is 0 Å². The van der Waals surface area contributed by atoms with Crippen molar-refractivity contribution in [2.24, 2.45) is 5.92 Å². The van der Waals surface area contributed by atoms with E-state index in [9.17, 15) is 5.11 Å². The number of anilines is 1. The van der Waals surface area contributed by atoms with E-state index in [0.717, 1.165) is 36.0 Å². The summed E-state index contributed by atoms with van der Waals surface area (Å²) in [6.07, 6.45) is 3.61. The molecule has 0 amide bonds. The quantitative estimate of drug-likeness (QED) is 0.841. The lowest BCUT2D eigenvalue weighted by Crippen LogP contribution is -2.33. The Labute approximate surface area is 110 Å². The Morgan fingerprint density at radius 1 is 1.39 bits per heavy atom. The van der Waals surface area contributed by atoms with Crippen LogP contribution in [0.1, 0.15) is 44.9 Å². The fraction of sp³-hybridized carbons (Fsp3) is 0.667. The fourth-order valence-electron chi connectivity index (χ4n) is 2.20. The van der Waals surface area contributed by atoms with Crippen molar-refractivity contribution in [2.45, 2.75) is 52.7 Å². The largest absolute Gasteiger partial charge is 0.392 e. The van der Waals surface area contributed by atoms with E-state index in [1.807, 2.05) is 12.1 Å². The van der Waals surface area contributed by atoms with Crippen molar-refractivity contribution in [3.63, 3.8) is 0 Å². The Morgan fingerprint density at radius 2 is 2.11 bits per heavy atom. The van der Waals surface area contributed by atoms with Gasteiger partial charge in [-0.05, 0) is 56.7 Å². The predicted octanol–water partition coefficient (Wildman–Crippen LogP) is 2.76. The second kappa shape index (κ2) is 5.70. The highest BCUT2D eigenvalue weighted by molar-refractivity contribution is 5.44. The third-order valence-corrected chi connectivity index (χ3v) is 3.54. The van der Waals surface area contributed by atoms with E-state index in [0.29, 0.717) is 6.04 Å². The molecule has 1 aromatic heterocycles. The van der Waals surface area contributed by atoms with E-state index in [4.69, 9.17) is 4.98 Å². The van der Waals surface area contributed by atoms with Crippen LogP contribution >= 0.6 is 0 Å². The number of aliphatic hydroxyl groups excluding tert-OH is 1.